The molecule has 1 atom stereocenters. The SMILES string of the molecule is CC(C)Sc1ccc([C@H](C)NC(=O)N(C)Cc2ccncc2)cc1. The van der Waals surface area contributed by atoms with Gasteiger partial charge in [0.25, 0.3) is 0 Å². The molecule has 24 heavy (non-hydrogen) atoms. The molecule has 1 aromatic carbocycles. The fourth-order valence-corrected chi connectivity index (χ4v) is 3.16. The Morgan fingerprint density at radius 3 is 2.33 bits per heavy atom. The number of hydrogen-bond donors (Lipinski definition) is 1. The van der Waals surface area contributed by atoms with Crippen molar-refractivity contribution >= 4 is 17.8 Å². The van der Waals surface area contributed by atoms with Gasteiger partial charge in [-0.3, -0.25) is 4.98 Å². The summed E-state index contributed by atoms with van der Waals surface area (Å²) in [5.74, 6) is 0. The summed E-state index contributed by atoms with van der Waals surface area (Å²) in [7, 11) is 1.80. The van der Waals surface area contributed by atoms with Gasteiger partial charge in [-0.15, -0.1) is 11.8 Å². The highest BCUT2D eigenvalue weighted by molar-refractivity contribution is 7.99. The average Bonchev–Trinajstić information content (AvgIpc) is 2.55. The number of hydrogen-bond acceptors (Lipinski definition) is 3. The van der Waals surface area contributed by atoms with Gasteiger partial charge < -0.3 is 10.2 Å². The third kappa shape index (κ3) is 5.57. The number of aromatic nitrogens is 1. The van der Waals surface area contributed by atoms with Crippen LogP contribution >= 0.6 is 11.8 Å². The predicted molar refractivity (Wildman–Crippen MR) is 100 cm³/mol. The Morgan fingerprint density at radius 2 is 1.75 bits per heavy atom. The minimum Gasteiger partial charge on any atom is -0.331 e. The third-order valence-corrected chi connectivity index (χ3v) is 4.62. The van der Waals surface area contributed by atoms with Crippen LogP contribution in [0.3, 0.4) is 0 Å². The van der Waals surface area contributed by atoms with E-state index >= 15 is 0 Å². The lowest BCUT2D eigenvalue weighted by atomic mass is 10.1. The minimum absolute atomic E-state index is 0.0320. The second kappa shape index (κ2) is 8.73. The normalized spacial score (nSPS) is 12.0. The molecule has 4 nitrogen and oxygen atoms in total. The summed E-state index contributed by atoms with van der Waals surface area (Å²) < 4.78 is 0. The molecule has 0 aliphatic heterocycles. The first-order valence-corrected chi connectivity index (χ1v) is 9.01. The van der Waals surface area contributed by atoms with Gasteiger partial charge in [0, 0.05) is 36.1 Å². The van der Waals surface area contributed by atoms with Crippen molar-refractivity contribution in [1.82, 2.24) is 15.2 Å². The van der Waals surface area contributed by atoms with Crippen molar-refractivity contribution in [2.75, 3.05) is 7.05 Å². The number of urea groups is 1. The van der Waals surface area contributed by atoms with Crippen molar-refractivity contribution < 1.29 is 4.79 Å². The fraction of sp³-hybridized carbons (Fsp3) is 0.368. The van der Waals surface area contributed by atoms with Gasteiger partial charge in [-0.2, -0.15) is 0 Å². The van der Waals surface area contributed by atoms with Gasteiger partial charge in [-0.1, -0.05) is 26.0 Å². The van der Waals surface area contributed by atoms with Gasteiger partial charge >= 0.3 is 6.03 Å². The molecule has 0 spiro atoms. The number of nitrogens with one attached hydrogen (secondary N) is 1. The molecular weight excluding hydrogens is 318 g/mol. The lowest BCUT2D eigenvalue weighted by Gasteiger charge is -2.22. The molecule has 0 bridgehead atoms. The molecule has 2 aromatic rings. The average molecular weight is 343 g/mol. The van der Waals surface area contributed by atoms with Crippen LogP contribution in [0.25, 0.3) is 0 Å². The van der Waals surface area contributed by atoms with Gasteiger partial charge in [0.15, 0.2) is 0 Å². The maximum atomic E-state index is 12.3. The van der Waals surface area contributed by atoms with Crippen LogP contribution in [0.5, 0.6) is 0 Å². The highest BCUT2D eigenvalue weighted by atomic mass is 32.2. The Morgan fingerprint density at radius 1 is 1.12 bits per heavy atom. The van der Waals surface area contributed by atoms with Crippen molar-refractivity contribution in [2.45, 2.75) is 43.5 Å². The van der Waals surface area contributed by atoms with Gasteiger partial charge in [0.2, 0.25) is 0 Å². The van der Waals surface area contributed by atoms with Crippen molar-refractivity contribution in [3.8, 4) is 0 Å². The van der Waals surface area contributed by atoms with E-state index in [1.807, 2.05) is 30.8 Å². The van der Waals surface area contributed by atoms with E-state index in [2.05, 4.69) is 48.4 Å². The number of carbonyl (C=O) groups excluding carboxylic acids is 1. The lowest BCUT2D eigenvalue weighted by molar-refractivity contribution is 0.203. The number of benzene rings is 1. The van der Waals surface area contributed by atoms with Crippen molar-refractivity contribution in [2.24, 2.45) is 0 Å². The van der Waals surface area contributed by atoms with Gasteiger partial charge in [-0.05, 0) is 42.3 Å². The zero-order valence-corrected chi connectivity index (χ0v) is 15.5. The van der Waals surface area contributed by atoms with E-state index in [4.69, 9.17) is 0 Å². The topological polar surface area (TPSA) is 45.2 Å². The van der Waals surface area contributed by atoms with Crippen LogP contribution in [0.1, 0.15) is 37.9 Å². The highest BCUT2D eigenvalue weighted by Gasteiger charge is 2.13. The summed E-state index contributed by atoms with van der Waals surface area (Å²) in [5, 5.41) is 3.61. The van der Waals surface area contributed by atoms with Gasteiger partial charge in [-0.25, -0.2) is 4.79 Å². The van der Waals surface area contributed by atoms with E-state index in [1.54, 1.807) is 24.3 Å². The second-order valence-electron chi connectivity index (χ2n) is 6.12. The molecule has 0 radical (unpaired) electrons. The maximum Gasteiger partial charge on any atom is 0.317 e. The largest absolute Gasteiger partial charge is 0.331 e. The van der Waals surface area contributed by atoms with Gasteiger partial charge in [0.05, 0.1) is 6.04 Å². The van der Waals surface area contributed by atoms with E-state index in [0.717, 1.165) is 11.1 Å². The lowest BCUT2D eigenvalue weighted by Crippen LogP contribution is -2.38. The van der Waals surface area contributed by atoms with Crippen LogP contribution in [-0.4, -0.2) is 28.2 Å². The van der Waals surface area contributed by atoms with Crippen LogP contribution in [-0.2, 0) is 6.54 Å². The smallest absolute Gasteiger partial charge is 0.317 e. The Kier molecular flexibility index (Phi) is 6.67. The Balaban J connectivity index is 1.90. The molecule has 1 heterocycles. The number of carbonyl (C=O) groups is 1. The Hall–Kier alpha value is -2.01. The van der Waals surface area contributed by atoms with Gasteiger partial charge in [0.1, 0.15) is 0 Å². The summed E-state index contributed by atoms with van der Waals surface area (Å²) in [6.45, 7) is 6.92. The molecule has 5 heteroatoms. The molecule has 0 saturated heterocycles. The zero-order valence-electron chi connectivity index (χ0n) is 14.7. The van der Waals surface area contributed by atoms with Crippen LogP contribution < -0.4 is 5.32 Å². The molecule has 0 aliphatic carbocycles. The fourth-order valence-electron chi connectivity index (χ4n) is 2.32. The first kappa shape index (κ1) is 18.3. The monoisotopic (exact) mass is 343 g/mol. The van der Waals surface area contributed by atoms with E-state index in [1.165, 1.54) is 4.90 Å². The number of thioether (sulfide) groups is 1. The Bertz CT molecular complexity index is 643. The summed E-state index contributed by atoms with van der Waals surface area (Å²) in [6.07, 6.45) is 3.47. The highest BCUT2D eigenvalue weighted by Crippen LogP contribution is 2.24. The van der Waals surface area contributed by atoms with E-state index in [9.17, 15) is 4.79 Å². The summed E-state index contributed by atoms with van der Waals surface area (Å²) in [6, 6.07) is 12.1. The maximum absolute atomic E-state index is 12.3. The van der Waals surface area contributed by atoms with E-state index in [0.29, 0.717) is 11.8 Å². The molecule has 0 unspecified atom stereocenters. The van der Waals surface area contributed by atoms with Crippen LogP contribution in [0.4, 0.5) is 4.79 Å². The van der Waals surface area contributed by atoms with E-state index in [-0.39, 0.29) is 12.1 Å². The van der Waals surface area contributed by atoms with Crippen molar-refractivity contribution in [3.63, 3.8) is 0 Å². The number of nitrogens with zero attached hydrogens (tertiary/aromatic N) is 2. The molecule has 0 fully saturated rings. The zero-order chi connectivity index (χ0) is 17.5. The van der Waals surface area contributed by atoms with Crippen LogP contribution in [0, 0.1) is 0 Å². The Labute approximate surface area is 148 Å². The summed E-state index contributed by atoms with van der Waals surface area (Å²) >= 11 is 1.84. The molecule has 2 rings (SSSR count). The predicted octanol–water partition coefficient (Wildman–Crippen LogP) is 4.48. The summed E-state index contributed by atoms with van der Waals surface area (Å²) in [4.78, 5) is 19.3. The molecular formula is C19H25N3OS. The third-order valence-electron chi connectivity index (χ3n) is 3.61. The van der Waals surface area contributed by atoms with Crippen LogP contribution in [0.15, 0.2) is 53.7 Å². The standard InChI is InChI=1S/C19H25N3OS/c1-14(2)24-18-7-5-17(6-8-18)15(3)21-19(23)22(4)13-16-9-11-20-12-10-16/h5-12,14-15H,13H2,1-4H3,(H,21,23)/t15-/m0/s1. The quantitative estimate of drug-likeness (QED) is 0.786. The second-order valence-corrected chi connectivity index (χ2v) is 7.77. The number of amides is 2. The summed E-state index contributed by atoms with van der Waals surface area (Å²) in [5.41, 5.74) is 2.17. The molecule has 1 aromatic heterocycles. The van der Waals surface area contributed by atoms with Crippen molar-refractivity contribution in [3.05, 3.63) is 59.9 Å². The molecule has 2 amide bonds. The number of rotatable bonds is 6. The minimum atomic E-state index is -0.0834. The van der Waals surface area contributed by atoms with Crippen LogP contribution in [0.2, 0.25) is 0 Å². The van der Waals surface area contributed by atoms with Crippen molar-refractivity contribution in [1.29, 1.82) is 0 Å². The molecule has 0 saturated carbocycles. The molecule has 0 aliphatic rings. The first-order chi connectivity index (χ1) is 11.5. The van der Waals surface area contributed by atoms with E-state index < -0.39 is 0 Å². The molecule has 128 valence electrons. The molecule has 1 N–H and O–H groups in total. The number of pyridine rings is 1. The first-order valence-electron chi connectivity index (χ1n) is 8.13.